The maximum atomic E-state index is 12.4. The first-order valence-corrected chi connectivity index (χ1v) is 8.96. The van der Waals surface area contributed by atoms with Crippen LogP contribution in [0.3, 0.4) is 0 Å². The summed E-state index contributed by atoms with van der Waals surface area (Å²) in [7, 11) is 0. The van der Waals surface area contributed by atoms with Crippen molar-refractivity contribution in [2.75, 3.05) is 39.4 Å². The molecule has 126 valence electrons. The number of carbonyl (C=O) groups is 1. The third kappa shape index (κ3) is 3.40. The van der Waals surface area contributed by atoms with E-state index in [1.54, 1.807) is 0 Å². The lowest BCUT2D eigenvalue weighted by molar-refractivity contribution is -0.0177. The van der Waals surface area contributed by atoms with Crippen molar-refractivity contribution in [3.8, 4) is 0 Å². The van der Waals surface area contributed by atoms with Gasteiger partial charge in [-0.05, 0) is 38.5 Å². The van der Waals surface area contributed by atoms with Gasteiger partial charge in [0.1, 0.15) is 0 Å². The Morgan fingerprint density at radius 3 is 2.82 bits per heavy atom. The average Bonchev–Trinajstić information content (AvgIpc) is 3.15. The van der Waals surface area contributed by atoms with Gasteiger partial charge >= 0.3 is 6.03 Å². The van der Waals surface area contributed by atoms with E-state index in [4.69, 9.17) is 4.74 Å². The van der Waals surface area contributed by atoms with Crippen molar-refractivity contribution < 1.29 is 9.53 Å². The molecule has 2 amide bonds. The fourth-order valence-electron chi connectivity index (χ4n) is 4.50. The zero-order valence-electron chi connectivity index (χ0n) is 14.1. The van der Waals surface area contributed by atoms with Gasteiger partial charge in [-0.1, -0.05) is 12.8 Å². The van der Waals surface area contributed by atoms with Gasteiger partial charge in [-0.15, -0.1) is 0 Å². The van der Waals surface area contributed by atoms with Crippen LogP contribution in [0.4, 0.5) is 4.79 Å². The SMILES string of the molecule is C[C@@H](CNC(=O)N1CCC2(CCCC2)C1)N1CCOC[C@@H]1C. The maximum Gasteiger partial charge on any atom is 0.317 e. The molecule has 0 bridgehead atoms. The Kier molecular flexibility index (Phi) is 4.93. The van der Waals surface area contributed by atoms with Crippen molar-refractivity contribution in [1.82, 2.24) is 15.1 Å². The summed E-state index contributed by atoms with van der Waals surface area (Å²) in [6.45, 7) is 9.60. The molecule has 0 aromatic rings. The molecule has 2 aliphatic heterocycles. The first-order valence-electron chi connectivity index (χ1n) is 8.96. The summed E-state index contributed by atoms with van der Waals surface area (Å²) in [5.74, 6) is 0. The van der Waals surface area contributed by atoms with Gasteiger partial charge in [0.15, 0.2) is 0 Å². The zero-order chi connectivity index (χ0) is 15.6. The molecular formula is C17H31N3O2. The number of ether oxygens (including phenoxy) is 1. The number of nitrogens with zero attached hydrogens (tertiary/aromatic N) is 2. The van der Waals surface area contributed by atoms with Crippen LogP contribution < -0.4 is 5.32 Å². The fourth-order valence-corrected chi connectivity index (χ4v) is 4.50. The van der Waals surface area contributed by atoms with E-state index in [0.717, 1.165) is 39.4 Å². The van der Waals surface area contributed by atoms with E-state index >= 15 is 0 Å². The molecule has 5 nitrogen and oxygen atoms in total. The van der Waals surface area contributed by atoms with Crippen LogP contribution in [-0.2, 0) is 4.74 Å². The highest BCUT2D eigenvalue weighted by Crippen LogP contribution is 2.45. The second-order valence-electron chi connectivity index (χ2n) is 7.58. The van der Waals surface area contributed by atoms with E-state index in [1.165, 1.54) is 32.1 Å². The molecule has 0 unspecified atom stereocenters. The first kappa shape index (κ1) is 16.1. The van der Waals surface area contributed by atoms with Crippen molar-refractivity contribution in [3.05, 3.63) is 0 Å². The molecule has 3 rings (SSSR count). The quantitative estimate of drug-likeness (QED) is 0.868. The highest BCUT2D eigenvalue weighted by Gasteiger charge is 2.41. The summed E-state index contributed by atoms with van der Waals surface area (Å²) in [4.78, 5) is 16.9. The van der Waals surface area contributed by atoms with Crippen LogP contribution in [0.25, 0.3) is 0 Å². The normalized spacial score (nSPS) is 29.9. The van der Waals surface area contributed by atoms with E-state index < -0.39 is 0 Å². The Bertz CT molecular complexity index is 395. The summed E-state index contributed by atoms with van der Waals surface area (Å²) in [6.07, 6.45) is 6.54. The minimum Gasteiger partial charge on any atom is -0.379 e. The zero-order valence-corrected chi connectivity index (χ0v) is 14.1. The van der Waals surface area contributed by atoms with Crippen LogP contribution in [0.2, 0.25) is 0 Å². The summed E-state index contributed by atoms with van der Waals surface area (Å²) >= 11 is 0. The lowest BCUT2D eigenvalue weighted by atomic mass is 9.86. The first-order chi connectivity index (χ1) is 10.6. The van der Waals surface area contributed by atoms with Gasteiger partial charge in [0, 0.05) is 38.3 Å². The third-order valence-corrected chi connectivity index (χ3v) is 5.92. The number of amides is 2. The molecule has 1 saturated carbocycles. The Morgan fingerprint density at radius 1 is 1.32 bits per heavy atom. The van der Waals surface area contributed by atoms with Crippen LogP contribution in [0, 0.1) is 5.41 Å². The maximum absolute atomic E-state index is 12.4. The van der Waals surface area contributed by atoms with E-state index in [0.29, 0.717) is 17.5 Å². The molecule has 1 aliphatic carbocycles. The molecule has 2 saturated heterocycles. The highest BCUT2D eigenvalue weighted by atomic mass is 16.5. The molecular weight excluding hydrogens is 278 g/mol. The monoisotopic (exact) mass is 309 g/mol. The lowest BCUT2D eigenvalue weighted by Crippen LogP contribution is -2.53. The van der Waals surface area contributed by atoms with Gasteiger partial charge in [0.2, 0.25) is 0 Å². The van der Waals surface area contributed by atoms with E-state index in [2.05, 4.69) is 24.1 Å². The molecule has 5 heteroatoms. The topological polar surface area (TPSA) is 44.8 Å². The van der Waals surface area contributed by atoms with Crippen molar-refractivity contribution in [2.45, 2.75) is 58.0 Å². The molecule has 3 aliphatic rings. The predicted octanol–water partition coefficient (Wildman–Crippen LogP) is 2.07. The number of urea groups is 1. The van der Waals surface area contributed by atoms with Gasteiger partial charge < -0.3 is 15.0 Å². The molecule has 0 aromatic carbocycles. The van der Waals surface area contributed by atoms with Crippen molar-refractivity contribution in [3.63, 3.8) is 0 Å². The predicted molar refractivity (Wildman–Crippen MR) is 86.9 cm³/mol. The molecule has 1 spiro atoms. The van der Waals surface area contributed by atoms with Gasteiger partial charge in [-0.2, -0.15) is 0 Å². The molecule has 0 aromatic heterocycles. The lowest BCUT2D eigenvalue weighted by Gasteiger charge is -2.38. The number of morpholine rings is 1. The Morgan fingerprint density at radius 2 is 2.09 bits per heavy atom. The second-order valence-corrected chi connectivity index (χ2v) is 7.58. The summed E-state index contributed by atoms with van der Waals surface area (Å²) in [5, 5.41) is 3.15. The Labute approximate surface area is 134 Å². The number of likely N-dealkylation sites (tertiary alicyclic amines) is 1. The van der Waals surface area contributed by atoms with Crippen LogP contribution >= 0.6 is 0 Å². The van der Waals surface area contributed by atoms with Crippen molar-refractivity contribution in [1.29, 1.82) is 0 Å². The van der Waals surface area contributed by atoms with Crippen LogP contribution in [0.1, 0.15) is 46.0 Å². The molecule has 2 heterocycles. The molecule has 0 radical (unpaired) electrons. The number of nitrogens with one attached hydrogen (secondary N) is 1. The van der Waals surface area contributed by atoms with E-state index in [-0.39, 0.29) is 6.03 Å². The minimum absolute atomic E-state index is 0.136. The van der Waals surface area contributed by atoms with Gasteiger partial charge in [0.05, 0.1) is 13.2 Å². The number of rotatable bonds is 3. The standard InChI is InChI=1S/C17H31N3O2/c1-14(20-9-10-22-12-15(20)2)11-18-16(21)19-8-7-17(13-19)5-3-4-6-17/h14-15H,3-13H2,1-2H3,(H,18,21)/t14-,15-/m0/s1. The van der Waals surface area contributed by atoms with Gasteiger partial charge in [-0.25, -0.2) is 4.79 Å². The number of carbonyl (C=O) groups excluding carboxylic acids is 1. The number of hydrogen-bond acceptors (Lipinski definition) is 3. The summed E-state index contributed by atoms with van der Waals surface area (Å²) in [5.41, 5.74) is 0.460. The average molecular weight is 309 g/mol. The molecule has 1 N–H and O–H groups in total. The second kappa shape index (κ2) is 6.75. The van der Waals surface area contributed by atoms with Crippen LogP contribution in [0.5, 0.6) is 0 Å². The Balaban J connectivity index is 1.44. The fraction of sp³-hybridized carbons (Fsp3) is 0.941. The van der Waals surface area contributed by atoms with E-state index in [1.807, 2.05) is 4.90 Å². The summed E-state index contributed by atoms with van der Waals surface area (Å²) < 4.78 is 5.49. The Hall–Kier alpha value is -0.810. The van der Waals surface area contributed by atoms with Crippen LogP contribution in [0.15, 0.2) is 0 Å². The largest absolute Gasteiger partial charge is 0.379 e. The van der Waals surface area contributed by atoms with Gasteiger partial charge in [-0.3, -0.25) is 4.90 Å². The minimum atomic E-state index is 0.136. The molecule has 3 fully saturated rings. The highest BCUT2D eigenvalue weighted by molar-refractivity contribution is 5.74. The molecule has 2 atom stereocenters. The van der Waals surface area contributed by atoms with E-state index in [9.17, 15) is 4.79 Å². The molecule has 22 heavy (non-hydrogen) atoms. The third-order valence-electron chi connectivity index (χ3n) is 5.92. The van der Waals surface area contributed by atoms with Crippen molar-refractivity contribution >= 4 is 6.03 Å². The van der Waals surface area contributed by atoms with Crippen molar-refractivity contribution in [2.24, 2.45) is 5.41 Å². The summed E-state index contributed by atoms with van der Waals surface area (Å²) in [6, 6.07) is 0.941. The van der Waals surface area contributed by atoms with Crippen LogP contribution in [-0.4, -0.2) is 67.3 Å². The number of hydrogen-bond donors (Lipinski definition) is 1. The van der Waals surface area contributed by atoms with Gasteiger partial charge in [0.25, 0.3) is 0 Å². The smallest absolute Gasteiger partial charge is 0.317 e.